The molecule has 4 nitrogen and oxygen atoms in total. The van der Waals surface area contributed by atoms with Crippen LogP contribution in [0.15, 0.2) is 0 Å². The second-order valence-corrected chi connectivity index (χ2v) is 7.40. The minimum Gasteiger partial charge on any atom is -0.854 e. The van der Waals surface area contributed by atoms with Crippen LogP contribution in [0, 0.1) is 23.7 Å². The van der Waals surface area contributed by atoms with Gasteiger partial charge in [0.25, 0.3) is 0 Å². The van der Waals surface area contributed by atoms with Gasteiger partial charge in [-0.25, -0.2) is 0 Å². The van der Waals surface area contributed by atoms with E-state index in [4.69, 9.17) is 0 Å². The summed E-state index contributed by atoms with van der Waals surface area (Å²) in [6.45, 7) is 16.9. The van der Waals surface area contributed by atoms with Crippen molar-refractivity contribution < 1.29 is 42.1 Å². The van der Waals surface area contributed by atoms with Crippen LogP contribution in [0.5, 0.6) is 0 Å². The third-order valence-electron chi connectivity index (χ3n) is 5.56. The molecule has 0 aromatic carbocycles. The van der Waals surface area contributed by atoms with Crippen LogP contribution in [-0.4, -0.2) is 26.4 Å². The minimum atomic E-state index is 0. The van der Waals surface area contributed by atoms with E-state index in [1.54, 1.807) is 0 Å². The van der Waals surface area contributed by atoms with Gasteiger partial charge in [0.15, 0.2) is 0 Å². The molecule has 0 amide bonds. The van der Waals surface area contributed by atoms with E-state index in [2.05, 4.69) is 55.4 Å². The summed E-state index contributed by atoms with van der Waals surface area (Å²) in [5, 5.41) is 40.4. The first-order valence-electron chi connectivity index (χ1n) is 11.7. The van der Waals surface area contributed by atoms with Gasteiger partial charge >= 0.3 is 21.7 Å². The van der Waals surface area contributed by atoms with Crippen molar-refractivity contribution in [3.8, 4) is 0 Å². The summed E-state index contributed by atoms with van der Waals surface area (Å²) in [5.41, 5.74) is 0. The molecular weight excluding hydrogens is 400 g/mol. The summed E-state index contributed by atoms with van der Waals surface area (Å²) in [6.07, 6.45) is 8.33. The first-order valence-corrected chi connectivity index (χ1v) is 11.7. The Bertz CT molecular complexity index is 157. The Morgan fingerprint density at radius 3 is 0.448 bits per heavy atom. The van der Waals surface area contributed by atoms with Crippen molar-refractivity contribution in [1.82, 2.24) is 0 Å². The fourth-order valence-electron chi connectivity index (χ4n) is 2.10. The first-order chi connectivity index (χ1) is 13.4. The molecule has 0 aromatic rings. The fourth-order valence-corrected chi connectivity index (χ4v) is 2.10. The minimum absolute atomic E-state index is 0. The molecule has 0 radical (unpaired) electrons. The fraction of sp³-hybridized carbons (Fsp3) is 1.00. The Kier molecular flexibility index (Phi) is 49.6. The Balaban J connectivity index is -0.0000000873. The average molecular weight is 453 g/mol. The van der Waals surface area contributed by atoms with Gasteiger partial charge in [0.1, 0.15) is 0 Å². The van der Waals surface area contributed by atoms with Crippen LogP contribution in [0.2, 0.25) is 0 Å². The van der Waals surface area contributed by atoms with Crippen molar-refractivity contribution in [2.75, 3.05) is 26.4 Å². The standard InChI is InChI=1S/4C6H13O.Ti/c4*1-3-6(4-2)5-7;/h4*6H,3-5H2,1-2H3;/q4*-1;+4. The molecule has 0 atom stereocenters. The molecule has 0 rings (SSSR count). The zero-order valence-electron chi connectivity index (χ0n) is 20.9. The Labute approximate surface area is 198 Å². The third-order valence-corrected chi connectivity index (χ3v) is 5.56. The molecule has 0 aliphatic rings. The van der Waals surface area contributed by atoms with Gasteiger partial charge in [0, 0.05) is 0 Å². The normalized spacial score (nSPS) is 9.93. The van der Waals surface area contributed by atoms with E-state index >= 15 is 0 Å². The van der Waals surface area contributed by atoms with Gasteiger partial charge in [-0.2, -0.15) is 0 Å². The van der Waals surface area contributed by atoms with Crippen LogP contribution in [0.4, 0.5) is 0 Å². The number of rotatable bonds is 12. The topological polar surface area (TPSA) is 92.2 Å². The van der Waals surface area contributed by atoms with Crippen molar-refractivity contribution in [1.29, 1.82) is 0 Å². The Morgan fingerprint density at radius 1 is 0.345 bits per heavy atom. The summed E-state index contributed by atoms with van der Waals surface area (Å²) in [7, 11) is 0. The molecule has 0 aliphatic carbocycles. The molecular formula is C24H52O4Ti. The third kappa shape index (κ3) is 33.4. The van der Waals surface area contributed by atoms with Crippen LogP contribution in [0.25, 0.3) is 0 Å². The predicted molar refractivity (Wildman–Crippen MR) is 116 cm³/mol. The van der Waals surface area contributed by atoms with E-state index in [0.717, 1.165) is 51.4 Å². The molecule has 5 heteroatoms. The molecule has 0 heterocycles. The quantitative estimate of drug-likeness (QED) is 0.425. The molecule has 0 unspecified atom stereocenters. The molecule has 0 fully saturated rings. The Morgan fingerprint density at radius 2 is 0.448 bits per heavy atom. The average Bonchev–Trinajstić information content (AvgIpc) is 2.75. The van der Waals surface area contributed by atoms with Gasteiger partial charge in [0.05, 0.1) is 0 Å². The van der Waals surface area contributed by atoms with Crippen molar-refractivity contribution in [3.63, 3.8) is 0 Å². The van der Waals surface area contributed by atoms with E-state index in [1.165, 1.54) is 0 Å². The van der Waals surface area contributed by atoms with Gasteiger partial charge in [-0.15, -0.1) is 26.4 Å². The maximum Gasteiger partial charge on any atom is 4.00 e. The summed E-state index contributed by atoms with van der Waals surface area (Å²) < 4.78 is 0. The van der Waals surface area contributed by atoms with E-state index in [0.29, 0.717) is 23.7 Å². The molecule has 0 N–H and O–H groups in total. The Hall–Kier alpha value is 0.554. The second kappa shape index (κ2) is 36.0. The van der Waals surface area contributed by atoms with Crippen LogP contribution >= 0.6 is 0 Å². The van der Waals surface area contributed by atoms with Crippen LogP contribution in [0.1, 0.15) is 107 Å². The van der Waals surface area contributed by atoms with E-state index in [1.807, 2.05) is 0 Å². The van der Waals surface area contributed by atoms with Crippen molar-refractivity contribution in [2.24, 2.45) is 23.7 Å². The van der Waals surface area contributed by atoms with Crippen molar-refractivity contribution in [3.05, 3.63) is 0 Å². The second-order valence-electron chi connectivity index (χ2n) is 7.40. The summed E-state index contributed by atoms with van der Waals surface area (Å²) >= 11 is 0. The predicted octanol–water partition coefficient (Wildman–Crippen LogP) is 3.13. The zero-order valence-corrected chi connectivity index (χ0v) is 22.5. The molecule has 0 aromatic heterocycles. The molecule has 0 aliphatic heterocycles. The van der Waals surface area contributed by atoms with Gasteiger partial charge in [-0.1, -0.05) is 130 Å². The number of hydrogen-bond donors (Lipinski definition) is 0. The van der Waals surface area contributed by atoms with Crippen LogP contribution in [0.3, 0.4) is 0 Å². The summed E-state index contributed by atoms with van der Waals surface area (Å²) in [6, 6.07) is 0. The smallest absolute Gasteiger partial charge is 0.854 e. The van der Waals surface area contributed by atoms with Crippen LogP contribution in [-0.2, 0) is 21.7 Å². The summed E-state index contributed by atoms with van der Waals surface area (Å²) in [4.78, 5) is 0. The van der Waals surface area contributed by atoms with Gasteiger partial charge in [-0.05, 0) is 0 Å². The maximum atomic E-state index is 10.1. The van der Waals surface area contributed by atoms with E-state index in [-0.39, 0.29) is 48.1 Å². The SMILES string of the molecule is CCC(CC)C[O-].CCC(CC)C[O-].CCC(CC)C[O-].CCC(CC)C[O-].[Ti+4]. The largest absolute Gasteiger partial charge is 4.00 e. The van der Waals surface area contributed by atoms with E-state index in [9.17, 15) is 20.4 Å². The van der Waals surface area contributed by atoms with E-state index < -0.39 is 0 Å². The molecule has 0 spiro atoms. The molecule has 0 bridgehead atoms. The van der Waals surface area contributed by atoms with Crippen molar-refractivity contribution in [2.45, 2.75) is 107 Å². The van der Waals surface area contributed by atoms with Gasteiger partial charge < -0.3 is 20.4 Å². The summed E-state index contributed by atoms with van der Waals surface area (Å²) in [5.74, 6) is 1.72. The maximum absolute atomic E-state index is 10.1. The zero-order chi connectivity index (χ0) is 22.8. The van der Waals surface area contributed by atoms with Crippen LogP contribution < -0.4 is 20.4 Å². The molecule has 0 saturated carbocycles. The molecule has 176 valence electrons. The first kappa shape index (κ1) is 40.0. The van der Waals surface area contributed by atoms with Gasteiger partial charge in [0.2, 0.25) is 0 Å². The number of hydrogen-bond acceptors (Lipinski definition) is 4. The monoisotopic (exact) mass is 452 g/mol. The van der Waals surface area contributed by atoms with Gasteiger partial charge in [-0.3, -0.25) is 0 Å². The molecule has 0 saturated heterocycles. The van der Waals surface area contributed by atoms with Crippen molar-refractivity contribution >= 4 is 0 Å². The molecule has 29 heavy (non-hydrogen) atoms.